The molecule has 0 aliphatic heterocycles. The van der Waals surface area contributed by atoms with Crippen LogP contribution < -0.4 is 10.4 Å². The number of para-hydroxylation sites is 1. The second-order valence-electron chi connectivity index (χ2n) is 9.17. The van der Waals surface area contributed by atoms with Gasteiger partial charge in [0.2, 0.25) is 5.88 Å². The normalized spacial score (nSPS) is 12.1. The second-order valence-corrected chi connectivity index (χ2v) is 9.17. The zero-order valence-electron chi connectivity index (χ0n) is 19.5. The Hall–Kier alpha value is -3.94. The Bertz CT molecular complexity index is 1560. The van der Waals surface area contributed by atoms with Crippen molar-refractivity contribution in [3.63, 3.8) is 0 Å². The Morgan fingerprint density at radius 2 is 1.91 bits per heavy atom. The average Bonchev–Trinajstić information content (AvgIpc) is 3.30. The van der Waals surface area contributed by atoms with Crippen LogP contribution in [0.1, 0.15) is 37.8 Å². The van der Waals surface area contributed by atoms with Gasteiger partial charge in [-0.2, -0.15) is 0 Å². The number of hydrogen-bond donors (Lipinski definition) is 1. The summed E-state index contributed by atoms with van der Waals surface area (Å²) in [5.74, 6) is 1.08. The van der Waals surface area contributed by atoms with Gasteiger partial charge in [-0.15, -0.1) is 0 Å². The third kappa shape index (κ3) is 3.21. The van der Waals surface area contributed by atoms with E-state index in [9.17, 15) is 4.79 Å². The lowest BCUT2D eigenvalue weighted by atomic mass is 9.85. The van der Waals surface area contributed by atoms with E-state index in [1.54, 1.807) is 17.9 Å². The highest BCUT2D eigenvalue weighted by atomic mass is 16.5. The van der Waals surface area contributed by atoms with Gasteiger partial charge >= 0.3 is 5.69 Å². The Morgan fingerprint density at radius 1 is 1.15 bits per heavy atom. The van der Waals surface area contributed by atoms with Crippen LogP contribution in [0.2, 0.25) is 0 Å². The van der Waals surface area contributed by atoms with Gasteiger partial charge in [-0.05, 0) is 37.0 Å². The van der Waals surface area contributed by atoms with Crippen LogP contribution in [0.5, 0.6) is 5.88 Å². The van der Waals surface area contributed by atoms with Crippen LogP contribution in [0, 0.1) is 13.8 Å². The molecule has 1 N–H and O–H groups in total. The molecule has 168 valence electrons. The highest BCUT2D eigenvalue weighted by Crippen LogP contribution is 2.37. The molecule has 0 atom stereocenters. The van der Waals surface area contributed by atoms with Crippen LogP contribution in [0.15, 0.2) is 45.8 Å². The number of hydrogen-bond acceptors (Lipinski definition) is 6. The number of H-pyrrole nitrogens is 1. The minimum atomic E-state index is -0.244. The number of pyridine rings is 2. The summed E-state index contributed by atoms with van der Waals surface area (Å²) in [4.78, 5) is 25.5. The Morgan fingerprint density at radius 3 is 2.58 bits per heavy atom. The van der Waals surface area contributed by atoms with Gasteiger partial charge < -0.3 is 14.2 Å². The third-order valence-corrected chi connectivity index (χ3v) is 5.90. The smallest absolute Gasteiger partial charge is 0.331 e. The number of aryl methyl sites for hydroxylation is 2. The number of nitrogens with zero attached hydrogens (tertiary/aromatic N) is 4. The molecule has 0 aliphatic rings. The molecule has 8 nitrogen and oxygen atoms in total. The molecule has 0 saturated carbocycles. The Balaban J connectivity index is 1.88. The van der Waals surface area contributed by atoms with E-state index in [0.29, 0.717) is 33.7 Å². The number of fused-ring (bicyclic) bond motifs is 3. The first-order valence-corrected chi connectivity index (χ1v) is 10.7. The zero-order valence-corrected chi connectivity index (χ0v) is 19.5. The van der Waals surface area contributed by atoms with E-state index in [1.807, 2.05) is 44.2 Å². The van der Waals surface area contributed by atoms with Crippen molar-refractivity contribution >= 4 is 22.1 Å². The van der Waals surface area contributed by atoms with Gasteiger partial charge in [-0.3, -0.25) is 9.55 Å². The van der Waals surface area contributed by atoms with Crippen LogP contribution in [-0.4, -0.2) is 31.8 Å². The van der Waals surface area contributed by atoms with Gasteiger partial charge in [0.1, 0.15) is 16.8 Å². The van der Waals surface area contributed by atoms with E-state index >= 15 is 0 Å². The molecular formula is C25H25N5O3. The SMILES string of the molecule is COc1nc2c(cc1-c1c(C)noc1C)ncc1[nH]c(=O)n(-c3ccccc3C(C)(C)C)c12. The fraction of sp³-hybridized carbons (Fsp3) is 0.280. The molecule has 0 unspecified atom stereocenters. The molecule has 4 aromatic heterocycles. The van der Waals surface area contributed by atoms with E-state index in [0.717, 1.165) is 28.1 Å². The summed E-state index contributed by atoms with van der Waals surface area (Å²) in [5.41, 5.74) is 6.24. The molecule has 4 heterocycles. The summed E-state index contributed by atoms with van der Waals surface area (Å²) in [6.07, 6.45) is 1.67. The number of imidazole rings is 1. The number of aromatic nitrogens is 5. The summed E-state index contributed by atoms with van der Waals surface area (Å²) < 4.78 is 12.7. The third-order valence-electron chi connectivity index (χ3n) is 5.90. The lowest BCUT2D eigenvalue weighted by molar-refractivity contribution is 0.392. The molecule has 8 heteroatoms. The number of rotatable bonds is 3. The van der Waals surface area contributed by atoms with Crippen LogP contribution in [0.3, 0.4) is 0 Å². The topological polar surface area (TPSA) is 98.8 Å². The molecule has 0 radical (unpaired) electrons. The molecule has 0 amide bonds. The van der Waals surface area contributed by atoms with Crippen molar-refractivity contribution in [2.24, 2.45) is 0 Å². The summed E-state index contributed by atoms with van der Waals surface area (Å²) >= 11 is 0. The summed E-state index contributed by atoms with van der Waals surface area (Å²) in [7, 11) is 1.57. The van der Waals surface area contributed by atoms with Gasteiger partial charge in [0.05, 0.1) is 46.8 Å². The van der Waals surface area contributed by atoms with Gasteiger partial charge in [-0.25, -0.2) is 9.78 Å². The van der Waals surface area contributed by atoms with Crippen molar-refractivity contribution in [3.8, 4) is 22.7 Å². The average molecular weight is 444 g/mol. The first-order chi connectivity index (χ1) is 15.7. The lowest BCUT2D eigenvalue weighted by Gasteiger charge is -2.23. The number of nitrogens with one attached hydrogen (secondary N) is 1. The molecule has 0 bridgehead atoms. The second kappa shape index (κ2) is 7.30. The molecule has 1 aromatic carbocycles. The highest BCUT2D eigenvalue weighted by Gasteiger charge is 2.24. The number of methoxy groups -OCH3 is 1. The van der Waals surface area contributed by atoms with E-state index in [-0.39, 0.29) is 11.1 Å². The van der Waals surface area contributed by atoms with Crippen molar-refractivity contribution in [1.82, 2.24) is 24.7 Å². The van der Waals surface area contributed by atoms with Crippen LogP contribution in [0.25, 0.3) is 38.9 Å². The Kier molecular flexibility index (Phi) is 4.63. The standard InChI is InChI=1S/C25H25N5O3/c1-13-20(14(2)33-29-13)15-11-17-21(28-23(15)32-6)22-18(12-26-17)27-24(31)30(22)19-10-8-7-9-16(19)25(3,4)5/h7-12H,1-6H3,(H,27,31). The van der Waals surface area contributed by atoms with Crippen molar-refractivity contribution in [2.75, 3.05) is 7.11 Å². The first kappa shape index (κ1) is 20.9. The van der Waals surface area contributed by atoms with Crippen molar-refractivity contribution in [3.05, 3.63) is 64.0 Å². The van der Waals surface area contributed by atoms with Crippen LogP contribution in [-0.2, 0) is 5.41 Å². The molecule has 33 heavy (non-hydrogen) atoms. The molecular weight excluding hydrogens is 418 g/mol. The highest BCUT2D eigenvalue weighted by molar-refractivity contribution is 6.02. The van der Waals surface area contributed by atoms with Crippen LogP contribution >= 0.6 is 0 Å². The lowest BCUT2D eigenvalue weighted by Crippen LogP contribution is -2.21. The Labute approximate surface area is 190 Å². The number of benzene rings is 1. The molecule has 0 spiro atoms. The quantitative estimate of drug-likeness (QED) is 0.428. The van der Waals surface area contributed by atoms with Gasteiger partial charge in [0.15, 0.2) is 0 Å². The van der Waals surface area contributed by atoms with E-state index < -0.39 is 0 Å². The van der Waals surface area contributed by atoms with E-state index in [2.05, 4.69) is 35.9 Å². The molecule has 0 fully saturated rings. The predicted octanol–water partition coefficient (Wildman–Crippen LogP) is 4.84. The fourth-order valence-electron chi connectivity index (χ4n) is 4.41. The minimum absolute atomic E-state index is 0.163. The fourth-order valence-corrected chi connectivity index (χ4v) is 4.41. The van der Waals surface area contributed by atoms with Gasteiger partial charge in [0.25, 0.3) is 0 Å². The van der Waals surface area contributed by atoms with Crippen molar-refractivity contribution in [2.45, 2.75) is 40.0 Å². The number of aromatic amines is 1. The summed E-state index contributed by atoms with van der Waals surface area (Å²) in [6, 6.07) is 9.83. The maximum absolute atomic E-state index is 13.2. The van der Waals surface area contributed by atoms with E-state index in [4.69, 9.17) is 14.2 Å². The summed E-state index contributed by atoms with van der Waals surface area (Å²) in [5, 5.41) is 4.06. The van der Waals surface area contributed by atoms with Gasteiger partial charge in [-0.1, -0.05) is 44.1 Å². The van der Waals surface area contributed by atoms with Crippen molar-refractivity contribution in [1.29, 1.82) is 0 Å². The maximum atomic E-state index is 13.2. The molecule has 0 saturated heterocycles. The first-order valence-electron chi connectivity index (χ1n) is 10.7. The molecule has 5 rings (SSSR count). The zero-order chi connectivity index (χ0) is 23.5. The largest absolute Gasteiger partial charge is 0.481 e. The molecule has 5 aromatic rings. The van der Waals surface area contributed by atoms with Crippen LogP contribution in [0.4, 0.5) is 0 Å². The predicted molar refractivity (Wildman–Crippen MR) is 127 cm³/mol. The van der Waals surface area contributed by atoms with Crippen molar-refractivity contribution < 1.29 is 9.26 Å². The molecule has 0 aliphatic carbocycles. The van der Waals surface area contributed by atoms with E-state index in [1.165, 1.54) is 0 Å². The monoisotopic (exact) mass is 443 g/mol. The minimum Gasteiger partial charge on any atom is -0.481 e. The number of ether oxygens (including phenoxy) is 1. The maximum Gasteiger partial charge on any atom is 0.331 e. The van der Waals surface area contributed by atoms with Gasteiger partial charge in [0, 0.05) is 0 Å². The summed E-state index contributed by atoms with van der Waals surface area (Å²) in [6.45, 7) is 10.1.